The molecule has 25 heavy (non-hydrogen) atoms. The highest BCUT2D eigenvalue weighted by Gasteiger charge is 2.16. The second kappa shape index (κ2) is 8.53. The van der Waals surface area contributed by atoms with Crippen LogP contribution in [0.3, 0.4) is 0 Å². The van der Waals surface area contributed by atoms with Crippen molar-refractivity contribution in [2.75, 3.05) is 26.1 Å². The normalized spacial score (nSPS) is 10.1. The van der Waals surface area contributed by atoms with Gasteiger partial charge in [0.1, 0.15) is 17.1 Å². The molecule has 7 heteroatoms. The summed E-state index contributed by atoms with van der Waals surface area (Å²) < 4.78 is 16.2. The summed E-state index contributed by atoms with van der Waals surface area (Å²) in [7, 11) is 2.95. The van der Waals surface area contributed by atoms with Crippen LogP contribution in [-0.4, -0.2) is 32.7 Å². The Morgan fingerprint density at radius 1 is 1.08 bits per heavy atom. The summed E-state index contributed by atoms with van der Waals surface area (Å²) in [6, 6.07) is 10.1. The maximum atomic E-state index is 12.2. The maximum absolute atomic E-state index is 12.2. The largest absolute Gasteiger partial charge is 0.497 e. The lowest BCUT2D eigenvalue weighted by Gasteiger charge is -2.11. The van der Waals surface area contributed by atoms with Crippen molar-refractivity contribution in [3.05, 3.63) is 52.0 Å². The first-order valence-electron chi connectivity index (χ1n) is 7.39. The first kappa shape index (κ1) is 18.8. The average molecular weight is 408 g/mol. The molecular weight excluding hydrogens is 390 g/mol. The van der Waals surface area contributed by atoms with Crippen molar-refractivity contribution in [1.29, 1.82) is 0 Å². The summed E-state index contributed by atoms with van der Waals surface area (Å²) in [6.07, 6.45) is 0. The Morgan fingerprint density at radius 2 is 1.84 bits per heavy atom. The van der Waals surface area contributed by atoms with Gasteiger partial charge in [-0.25, -0.2) is 4.79 Å². The Labute approximate surface area is 154 Å². The van der Waals surface area contributed by atoms with Crippen molar-refractivity contribution < 1.29 is 23.8 Å². The topological polar surface area (TPSA) is 73.9 Å². The number of carbonyl (C=O) groups is 2. The molecule has 2 aromatic rings. The van der Waals surface area contributed by atoms with E-state index in [-0.39, 0.29) is 5.56 Å². The minimum Gasteiger partial charge on any atom is -0.497 e. The summed E-state index contributed by atoms with van der Waals surface area (Å²) in [6.45, 7) is 1.51. The Hall–Kier alpha value is -2.54. The number of amides is 1. The molecule has 0 spiro atoms. The van der Waals surface area contributed by atoms with Crippen LogP contribution in [0.2, 0.25) is 0 Å². The van der Waals surface area contributed by atoms with E-state index in [2.05, 4.69) is 21.2 Å². The second-order valence-electron chi connectivity index (χ2n) is 5.15. The second-order valence-corrected chi connectivity index (χ2v) is 6.01. The van der Waals surface area contributed by atoms with Gasteiger partial charge >= 0.3 is 5.97 Å². The highest BCUT2D eigenvalue weighted by atomic mass is 79.9. The molecule has 2 aromatic carbocycles. The minimum atomic E-state index is -0.651. The molecule has 132 valence electrons. The van der Waals surface area contributed by atoms with Gasteiger partial charge in [-0.1, -0.05) is 15.9 Å². The lowest BCUT2D eigenvalue weighted by atomic mass is 10.2. The number of hydrogen-bond acceptors (Lipinski definition) is 5. The highest BCUT2D eigenvalue weighted by molar-refractivity contribution is 9.10. The van der Waals surface area contributed by atoms with Gasteiger partial charge in [-0.2, -0.15) is 0 Å². The van der Waals surface area contributed by atoms with Crippen LogP contribution in [0, 0.1) is 6.92 Å². The number of carbonyl (C=O) groups excluding carboxylic acids is 2. The van der Waals surface area contributed by atoms with Gasteiger partial charge in [0.2, 0.25) is 0 Å². The van der Waals surface area contributed by atoms with E-state index in [1.54, 1.807) is 18.2 Å². The molecule has 0 heterocycles. The molecule has 0 fully saturated rings. The molecule has 1 amide bonds. The summed E-state index contributed by atoms with van der Waals surface area (Å²) in [4.78, 5) is 24.1. The molecule has 2 rings (SSSR count). The van der Waals surface area contributed by atoms with Gasteiger partial charge in [0.15, 0.2) is 6.61 Å². The smallest absolute Gasteiger partial charge is 0.342 e. The molecule has 1 N–H and O–H groups in total. The predicted molar refractivity (Wildman–Crippen MR) is 97.3 cm³/mol. The fourth-order valence-electron chi connectivity index (χ4n) is 2.10. The summed E-state index contributed by atoms with van der Waals surface area (Å²) in [5.74, 6) is -0.214. The van der Waals surface area contributed by atoms with E-state index in [4.69, 9.17) is 14.2 Å². The van der Waals surface area contributed by atoms with E-state index < -0.39 is 18.5 Å². The Balaban J connectivity index is 1.97. The molecule has 0 aliphatic rings. The highest BCUT2D eigenvalue weighted by Crippen LogP contribution is 2.25. The van der Waals surface area contributed by atoms with Gasteiger partial charge in [-0.15, -0.1) is 0 Å². The first-order chi connectivity index (χ1) is 11.9. The van der Waals surface area contributed by atoms with Crippen LogP contribution in [0.4, 0.5) is 5.69 Å². The summed E-state index contributed by atoms with van der Waals surface area (Å²) in [5.41, 5.74) is 1.83. The van der Waals surface area contributed by atoms with Crippen LogP contribution in [0.1, 0.15) is 15.9 Å². The first-order valence-corrected chi connectivity index (χ1v) is 8.19. The van der Waals surface area contributed by atoms with Gasteiger partial charge in [-0.05, 0) is 42.8 Å². The minimum absolute atomic E-state index is 0.218. The number of anilines is 1. The van der Waals surface area contributed by atoms with Crippen molar-refractivity contribution in [2.24, 2.45) is 0 Å². The molecule has 0 saturated heterocycles. The van der Waals surface area contributed by atoms with Crippen molar-refractivity contribution in [2.45, 2.75) is 6.92 Å². The van der Waals surface area contributed by atoms with Crippen LogP contribution >= 0.6 is 15.9 Å². The van der Waals surface area contributed by atoms with E-state index in [1.807, 2.05) is 19.1 Å². The molecule has 0 bridgehead atoms. The molecule has 6 nitrogen and oxygen atoms in total. The number of benzene rings is 2. The van der Waals surface area contributed by atoms with Gasteiger partial charge < -0.3 is 19.5 Å². The zero-order valence-electron chi connectivity index (χ0n) is 14.1. The standard InChI is InChI=1S/C18H18BrNO5/c1-11-8-12(4-7-15(11)19)20-17(21)10-25-18(22)14-6-5-13(23-2)9-16(14)24-3/h4-9H,10H2,1-3H3,(H,20,21). The Bertz CT molecular complexity index is 791. The van der Waals surface area contributed by atoms with Crippen LogP contribution in [0.15, 0.2) is 40.9 Å². The third-order valence-electron chi connectivity index (χ3n) is 3.40. The van der Waals surface area contributed by atoms with Gasteiger partial charge in [0, 0.05) is 16.2 Å². The lowest BCUT2D eigenvalue weighted by Crippen LogP contribution is -2.21. The fourth-order valence-corrected chi connectivity index (χ4v) is 2.34. The zero-order valence-corrected chi connectivity index (χ0v) is 15.7. The predicted octanol–water partition coefficient (Wildman–Crippen LogP) is 3.57. The van der Waals surface area contributed by atoms with Crippen molar-refractivity contribution in [3.8, 4) is 11.5 Å². The van der Waals surface area contributed by atoms with E-state index in [0.29, 0.717) is 17.2 Å². The molecule has 0 aromatic heterocycles. The molecule has 0 atom stereocenters. The number of rotatable bonds is 6. The molecule has 0 aliphatic carbocycles. The number of ether oxygens (including phenoxy) is 3. The molecule has 0 radical (unpaired) electrons. The average Bonchev–Trinajstić information content (AvgIpc) is 2.62. The van der Waals surface area contributed by atoms with E-state index in [0.717, 1.165) is 10.0 Å². The summed E-state index contributed by atoms with van der Waals surface area (Å²) >= 11 is 3.39. The van der Waals surface area contributed by atoms with Crippen molar-refractivity contribution in [1.82, 2.24) is 0 Å². The van der Waals surface area contributed by atoms with Gasteiger partial charge in [0.05, 0.1) is 14.2 Å². The molecular formula is C18H18BrNO5. The van der Waals surface area contributed by atoms with Crippen molar-refractivity contribution >= 4 is 33.5 Å². The number of methoxy groups -OCH3 is 2. The van der Waals surface area contributed by atoms with E-state index in [1.165, 1.54) is 20.3 Å². The van der Waals surface area contributed by atoms with Crippen LogP contribution in [0.25, 0.3) is 0 Å². The van der Waals surface area contributed by atoms with Crippen LogP contribution in [0.5, 0.6) is 11.5 Å². The van der Waals surface area contributed by atoms with Crippen LogP contribution < -0.4 is 14.8 Å². The van der Waals surface area contributed by atoms with Gasteiger partial charge in [0.25, 0.3) is 5.91 Å². The number of esters is 1. The maximum Gasteiger partial charge on any atom is 0.342 e. The Morgan fingerprint density at radius 3 is 2.48 bits per heavy atom. The number of hydrogen-bond donors (Lipinski definition) is 1. The van der Waals surface area contributed by atoms with Crippen LogP contribution in [-0.2, 0) is 9.53 Å². The fraction of sp³-hybridized carbons (Fsp3) is 0.222. The van der Waals surface area contributed by atoms with Crippen molar-refractivity contribution in [3.63, 3.8) is 0 Å². The van der Waals surface area contributed by atoms with Gasteiger partial charge in [-0.3, -0.25) is 4.79 Å². The number of nitrogens with one attached hydrogen (secondary N) is 1. The zero-order chi connectivity index (χ0) is 18.4. The summed E-state index contributed by atoms with van der Waals surface area (Å²) in [5, 5.41) is 2.68. The SMILES string of the molecule is COc1ccc(C(=O)OCC(=O)Nc2ccc(Br)c(C)c2)c(OC)c1. The quantitative estimate of drug-likeness (QED) is 0.740. The van der Waals surface area contributed by atoms with E-state index in [9.17, 15) is 9.59 Å². The van der Waals surface area contributed by atoms with E-state index >= 15 is 0 Å². The number of halogens is 1. The molecule has 0 unspecified atom stereocenters. The lowest BCUT2D eigenvalue weighted by molar-refractivity contribution is -0.119. The molecule has 0 aliphatic heterocycles. The molecule has 0 saturated carbocycles. The monoisotopic (exact) mass is 407 g/mol. The number of aryl methyl sites for hydroxylation is 1. The third kappa shape index (κ3) is 4.96. The third-order valence-corrected chi connectivity index (χ3v) is 4.29. The Kier molecular flexibility index (Phi) is 6.41.